The van der Waals surface area contributed by atoms with Crippen LogP contribution in [0.15, 0.2) is 23.6 Å². The third kappa shape index (κ3) is 3.51. The standard InChI is InChI=1S/C13H14FN3OS/c1-8-7-19-12(17-8)4-5-16-13(18)10-6-9(14)2-3-11(10)15/h2-3,6-7H,4-5,15H2,1H3,(H,16,18). The van der Waals surface area contributed by atoms with Crippen molar-refractivity contribution in [2.75, 3.05) is 12.3 Å². The van der Waals surface area contributed by atoms with Crippen molar-refractivity contribution in [3.05, 3.63) is 45.7 Å². The summed E-state index contributed by atoms with van der Waals surface area (Å²) >= 11 is 1.56. The molecule has 3 N–H and O–H groups in total. The van der Waals surface area contributed by atoms with Gasteiger partial charge >= 0.3 is 0 Å². The lowest BCUT2D eigenvalue weighted by Crippen LogP contribution is -2.26. The van der Waals surface area contributed by atoms with E-state index < -0.39 is 5.82 Å². The van der Waals surface area contributed by atoms with Crippen LogP contribution in [0.5, 0.6) is 0 Å². The lowest BCUT2D eigenvalue weighted by atomic mass is 10.1. The molecule has 4 nitrogen and oxygen atoms in total. The van der Waals surface area contributed by atoms with E-state index in [0.717, 1.165) is 16.8 Å². The van der Waals surface area contributed by atoms with Crippen LogP contribution in [0.3, 0.4) is 0 Å². The summed E-state index contributed by atoms with van der Waals surface area (Å²) in [5.74, 6) is -0.847. The van der Waals surface area contributed by atoms with Crippen molar-refractivity contribution in [1.82, 2.24) is 10.3 Å². The molecular weight excluding hydrogens is 265 g/mol. The maximum Gasteiger partial charge on any atom is 0.253 e. The molecule has 1 heterocycles. The lowest BCUT2D eigenvalue weighted by molar-refractivity contribution is 0.0954. The minimum absolute atomic E-state index is 0.162. The first kappa shape index (κ1) is 13.5. The minimum Gasteiger partial charge on any atom is -0.398 e. The normalized spacial score (nSPS) is 10.4. The van der Waals surface area contributed by atoms with Gasteiger partial charge in [-0.15, -0.1) is 11.3 Å². The third-order valence-electron chi connectivity index (χ3n) is 2.55. The number of hydrogen-bond donors (Lipinski definition) is 2. The van der Waals surface area contributed by atoms with E-state index in [2.05, 4.69) is 10.3 Å². The number of amides is 1. The highest BCUT2D eigenvalue weighted by molar-refractivity contribution is 7.09. The topological polar surface area (TPSA) is 68.0 Å². The van der Waals surface area contributed by atoms with Crippen LogP contribution in [0.4, 0.5) is 10.1 Å². The minimum atomic E-state index is -0.477. The van der Waals surface area contributed by atoms with Crippen molar-refractivity contribution < 1.29 is 9.18 Å². The van der Waals surface area contributed by atoms with Crippen LogP contribution < -0.4 is 11.1 Å². The average Bonchev–Trinajstić information content (AvgIpc) is 2.78. The Labute approximate surface area is 114 Å². The maximum absolute atomic E-state index is 13.1. The fraction of sp³-hybridized carbons (Fsp3) is 0.231. The number of aromatic nitrogens is 1. The molecule has 0 aliphatic heterocycles. The summed E-state index contributed by atoms with van der Waals surface area (Å²) in [4.78, 5) is 16.1. The van der Waals surface area contributed by atoms with Gasteiger partial charge in [-0.1, -0.05) is 0 Å². The molecule has 0 unspecified atom stereocenters. The summed E-state index contributed by atoms with van der Waals surface area (Å²) in [7, 11) is 0. The quantitative estimate of drug-likeness (QED) is 0.843. The predicted molar refractivity (Wildman–Crippen MR) is 73.7 cm³/mol. The first-order valence-electron chi connectivity index (χ1n) is 5.80. The Kier molecular flexibility index (Phi) is 4.11. The average molecular weight is 279 g/mol. The largest absolute Gasteiger partial charge is 0.398 e. The molecule has 0 aliphatic carbocycles. The summed E-state index contributed by atoms with van der Waals surface area (Å²) in [5, 5.41) is 5.63. The molecule has 1 aromatic heterocycles. The molecule has 1 aromatic carbocycles. The smallest absolute Gasteiger partial charge is 0.253 e. The Bertz CT molecular complexity index is 597. The zero-order valence-corrected chi connectivity index (χ0v) is 11.3. The molecule has 19 heavy (non-hydrogen) atoms. The monoisotopic (exact) mass is 279 g/mol. The molecule has 0 spiro atoms. The number of carbonyl (C=O) groups is 1. The summed E-state index contributed by atoms with van der Waals surface area (Å²) < 4.78 is 13.1. The second-order valence-corrected chi connectivity index (χ2v) is 5.06. The van der Waals surface area contributed by atoms with Gasteiger partial charge in [0.25, 0.3) is 5.91 Å². The Morgan fingerprint density at radius 2 is 2.32 bits per heavy atom. The van der Waals surface area contributed by atoms with E-state index in [9.17, 15) is 9.18 Å². The number of carbonyl (C=O) groups excluding carboxylic acids is 1. The second-order valence-electron chi connectivity index (χ2n) is 4.12. The van der Waals surface area contributed by atoms with Crippen LogP contribution in [0.1, 0.15) is 21.1 Å². The lowest BCUT2D eigenvalue weighted by Gasteiger charge is -2.06. The number of hydrogen-bond acceptors (Lipinski definition) is 4. The molecule has 0 radical (unpaired) electrons. The number of nitrogen functional groups attached to an aromatic ring is 1. The van der Waals surface area contributed by atoms with Crippen molar-refractivity contribution in [2.24, 2.45) is 0 Å². The van der Waals surface area contributed by atoms with E-state index in [1.807, 2.05) is 12.3 Å². The van der Waals surface area contributed by atoms with Gasteiger partial charge in [0.15, 0.2) is 0 Å². The number of rotatable bonds is 4. The fourth-order valence-electron chi connectivity index (χ4n) is 1.62. The van der Waals surface area contributed by atoms with E-state index in [-0.39, 0.29) is 17.2 Å². The second kappa shape index (κ2) is 5.79. The first-order chi connectivity index (χ1) is 9.06. The van der Waals surface area contributed by atoms with Crippen LogP contribution in [0, 0.1) is 12.7 Å². The van der Waals surface area contributed by atoms with Gasteiger partial charge in [-0.05, 0) is 25.1 Å². The molecule has 0 aliphatic rings. The molecule has 2 rings (SSSR count). The predicted octanol–water partition coefficient (Wildman–Crippen LogP) is 2.15. The Morgan fingerprint density at radius 3 is 3.00 bits per heavy atom. The van der Waals surface area contributed by atoms with Crippen molar-refractivity contribution in [3.63, 3.8) is 0 Å². The van der Waals surface area contributed by atoms with Gasteiger partial charge in [0, 0.05) is 29.7 Å². The van der Waals surface area contributed by atoms with E-state index in [4.69, 9.17) is 5.73 Å². The number of thiazole rings is 1. The van der Waals surface area contributed by atoms with E-state index >= 15 is 0 Å². The van der Waals surface area contributed by atoms with Gasteiger partial charge in [0.1, 0.15) is 5.82 Å². The van der Waals surface area contributed by atoms with Gasteiger partial charge in [-0.3, -0.25) is 4.79 Å². The number of nitrogens with zero attached hydrogens (tertiary/aromatic N) is 1. The number of nitrogens with one attached hydrogen (secondary N) is 1. The van der Waals surface area contributed by atoms with Crippen LogP contribution in [-0.2, 0) is 6.42 Å². The highest BCUT2D eigenvalue weighted by atomic mass is 32.1. The molecule has 1 amide bonds. The molecule has 0 bridgehead atoms. The van der Waals surface area contributed by atoms with Crippen molar-refractivity contribution in [1.29, 1.82) is 0 Å². The zero-order valence-electron chi connectivity index (χ0n) is 10.4. The molecule has 0 atom stereocenters. The molecule has 0 fully saturated rings. The Morgan fingerprint density at radius 1 is 1.53 bits per heavy atom. The van der Waals surface area contributed by atoms with E-state index in [1.54, 1.807) is 11.3 Å². The molecule has 0 saturated heterocycles. The number of aryl methyl sites for hydroxylation is 1. The molecule has 0 saturated carbocycles. The summed E-state index contributed by atoms with van der Waals surface area (Å²) in [6.45, 7) is 2.37. The number of anilines is 1. The third-order valence-corrected chi connectivity index (χ3v) is 3.58. The molecule has 2 aromatic rings. The Hall–Kier alpha value is -1.95. The van der Waals surface area contributed by atoms with Gasteiger partial charge in [0.2, 0.25) is 0 Å². The molecule has 100 valence electrons. The first-order valence-corrected chi connectivity index (χ1v) is 6.68. The van der Waals surface area contributed by atoms with Gasteiger partial charge in [0.05, 0.1) is 10.6 Å². The van der Waals surface area contributed by atoms with Gasteiger partial charge < -0.3 is 11.1 Å². The van der Waals surface area contributed by atoms with Gasteiger partial charge in [-0.25, -0.2) is 9.37 Å². The van der Waals surface area contributed by atoms with Crippen molar-refractivity contribution >= 4 is 22.9 Å². The number of benzene rings is 1. The van der Waals surface area contributed by atoms with Crippen LogP contribution in [-0.4, -0.2) is 17.4 Å². The number of halogens is 1. The summed E-state index contributed by atoms with van der Waals surface area (Å²) in [6, 6.07) is 3.75. The zero-order chi connectivity index (χ0) is 13.8. The van der Waals surface area contributed by atoms with Crippen LogP contribution in [0.25, 0.3) is 0 Å². The van der Waals surface area contributed by atoms with Gasteiger partial charge in [-0.2, -0.15) is 0 Å². The SMILES string of the molecule is Cc1csc(CCNC(=O)c2cc(F)ccc2N)n1. The van der Waals surface area contributed by atoms with E-state index in [1.165, 1.54) is 12.1 Å². The molecule has 6 heteroatoms. The highest BCUT2D eigenvalue weighted by Gasteiger charge is 2.10. The van der Waals surface area contributed by atoms with Crippen molar-refractivity contribution in [3.8, 4) is 0 Å². The van der Waals surface area contributed by atoms with E-state index in [0.29, 0.717) is 13.0 Å². The van der Waals surface area contributed by atoms with Crippen LogP contribution >= 0.6 is 11.3 Å². The maximum atomic E-state index is 13.1. The summed E-state index contributed by atoms with van der Waals surface area (Å²) in [5.41, 5.74) is 7.04. The molecular formula is C13H14FN3OS. The highest BCUT2D eigenvalue weighted by Crippen LogP contribution is 2.13. The van der Waals surface area contributed by atoms with Crippen molar-refractivity contribution in [2.45, 2.75) is 13.3 Å². The fourth-order valence-corrected chi connectivity index (χ4v) is 2.40. The summed E-state index contributed by atoms with van der Waals surface area (Å²) in [6.07, 6.45) is 0.652. The van der Waals surface area contributed by atoms with Crippen LogP contribution in [0.2, 0.25) is 0 Å². The number of nitrogens with two attached hydrogens (primary N) is 1. The Balaban J connectivity index is 1.92.